The summed E-state index contributed by atoms with van der Waals surface area (Å²) < 4.78 is 4.07. The van der Waals surface area contributed by atoms with Crippen LogP contribution in [0.5, 0.6) is 0 Å². The molecular formula is C9H11BO2. The first-order valence-electron chi connectivity index (χ1n) is 3.63. The van der Waals surface area contributed by atoms with E-state index in [4.69, 9.17) is 8.05 Å². The van der Waals surface area contributed by atoms with Gasteiger partial charge in [-0.2, -0.15) is 0 Å². The molecule has 0 heterocycles. The number of hydrogen-bond donors (Lipinski definition) is 0. The molecule has 2 nitrogen and oxygen atoms in total. The third-order valence-electron chi connectivity index (χ3n) is 1.16. The first kappa shape index (κ1) is 10.8. The minimum absolute atomic E-state index is 0.429. The van der Waals surface area contributed by atoms with Gasteiger partial charge in [-0.05, 0) is 19.9 Å². The van der Waals surface area contributed by atoms with Crippen LogP contribution in [0, 0.1) is 0 Å². The highest BCUT2D eigenvalue weighted by Crippen LogP contribution is 1.99. The average molecular weight is 162 g/mol. The van der Waals surface area contributed by atoms with Crippen LogP contribution in [0.3, 0.4) is 0 Å². The van der Waals surface area contributed by atoms with Crippen LogP contribution in [0.4, 0.5) is 0 Å². The maximum absolute atomic E-state index is 10.9. The Bertz CT molecular complexity index is 227. The zero-order valence-electron chi connectivity index (χ0n) is 7.28. The van der Waals surface area contributed by atoms with Gasteiger partial charge < -0.3 is 4.65 Å². The summed E-state index contributed by atoms with van der Waals surface area (Å²) in [6, 6.07) is 0. The Hall–Kier alpha value is -1.25. The molecule has 2 radical (unpaired) electrons. The van der Waals surface area contributed by atoms with Gasteiger partial charge in [-0.1, -0.05) is 24.3 Å². The SMILES string of the molecule is [B]OC(=O)C(/C=C\C)=C/C=C\C. The fourth-order valence-corrected chi connectivity index (χ4v) is 0.639. The molecule has 0 saturated carbocycles. The number of rotatable bonds is 3. The molecule has 62 valence electrons. The van der Waals surface area contributed by atoms with Crippen LogP contribution in [0.2, 0.25) is 0 Å². The summed E-state index contributed by atoms with van der Waals surface area (Å²) in [4.78, 5) is 10.9. The van der Waals surface area contributed by atoms with Gasteiger partial charge in [-0.3, -0.25) is 0 Å². The Balaban J connectivity index is 4.53. The van der Waals surface area contributed by atoms with Gasteiger partial charge in [-0.15, -0.1) is 0 Å². The zero-order chi connectivity index (χ0) is 9.40. The molecule has 0 aromatic rings. The Morgan fingerprint density at radius 3 is 2.42 bits per heavy atom. The van der Waals surface area contributed by atoms with Crippen molar-refractivity contribution in [3.63, 3.8) is 0 Å². The fourth-order valence-electron chi connectivity index (χ4n) is 0.639. The summed E-state index contributed by atoms with van der Waals surface area (Å²) in [5.41, 5.74) is 0.429. The van der Waals surface area contributed by atoms with E-state index < -0.39 is 5.97 Å². The van der Waals surface area contributed by atoms with Crippen LogP contribution in [-0.2, 0) is 9.45 Å². The van der Waals surface area contributed by atoms with Crippen molar-refractivity contribution < 1.29 is 9.45 Å². The van der Waals surface area contributed by atoms with Crippen LogP contribution in [0.15, 0.2) is 36.0 Å². The number of carbonyl (C=O) groups excluding carboxylic acids is 1. The molecule has 0 spiro atoms. The molecule has 0 aliphatic rings. The summed E-state index contributed by atoms with van der Waals surface area (Å²) in [5.74, 6) is -0.536. The largest absolute Gasteiger partial charge is 0.540 e. The quantitative estimate of drug-likeness (QED) is 0.358. The van der Waals surface area contributed by atoms with Gasteiger partial charge >= 0.3 is 14.0 Å². The summed E-state index contributed by atoms with van der Waals surface area (Å²) in [6.45, 7) is 3.67. The highest BCUT2D eigenvalue weighted by molar-refractivity contribution is 6.10. The predicted molar refractivity (Wildman–Crippen MR) is 49.6 cm³/mol. The van der Waals surface area contributed by atoms with Gasteiger partial charge in [0.05, 0.1) is 5.57 Å². The van der Waals surface area contributed by atoms with Crippen molar-refractivity contribution in [1.82, 2.24) is 0 Å². The van der Waals surface area contributed by atoms with Gasteiger partial charge in [0.15, 0.2) is 0 Å². The lowest BCUT2D eigenvalue weighted by molar-refractivity contribution is -0.129. The van der Waals surface area contributed by atoms with Crippen molar-refractivity contribution in [2.75, 3.05) is 0 Å². The van der Waals surface area contributed by atoms with Gasteiger partial charge in [0.1, 0.15) is 0 Å². The molecule has 0 unspecified atom stereocenters. The van der Waals surface area contributed by atoms with Crippen molar-refractivity contribution in [2.45, 2.75) is 13.8 Å². The molecule has 0 saturated heterocycles. The third-order valence-corrected chi connectivity index (χ3v) is 1.16. The molecule has 0 aliphatic heterocycles. The monoisotopic (exact) mass is 162 g/mol. The van der Waals surface area contributed by atoms with Crippen molar-refractivity contribution >= 4 is 14.0 Å². The smallest absolute Gasteiger partial charge is 0.378 e. The molecule has 12 heavy (non-hydrogen) atoms. The summed E-state index contributed by atoms with van der Waals surface area (Å²) in [6.07, 6.45) is 8.57. The van der Waals surface area contributed by atoms with Crippen molar-refractivity contribution in [3.8, 4) is 0 Å². The van der Waals surface area contributed by atoms with Gasteiger partial charge in [0.25, 0.3) is 0 Å². The van der Waals surface area contributed by atoms with Gasteiger partial charge in [-0.25, -0.2) is 4.79 Å². The van der Waals surface area contributed by atoms with E-state index in [1.165, 1.54) is 0 Å². The Morgan fingerprint density at radius 1 is 1.33 bits per heavy atom. The molecule has 0 N–H and O–H groups in total. The van der Waals surface area contributed by atoms with E-state index >= 15 is 0 Å². The van der Waals surface area contributed by atoms with Crippen molar-refractivity contribution in [1.29, 1.82) is 0 Å². The molecule has 0 fully saturated rings. The number of carbonyl (C=O) groups is 1. The number of allylic oxidation sites excluding steroid dienone is 4. The van der Waals surface area contributed by atoms with E-state index in [0.29, 0.717) is 5.57 Å². The fraction of sp³-hybridized carbons (Fsp3) is 0.222. The topological polar surface area (TPSA) is 26.3 Å². The summed E-state index contributed by atoms with van der Waals surface area (Å²) in [5, 5.41) is 0. The summed E-state index contributed by atoms with van der Waals surface area (Å²) in [7, 11) is 4.73. The highest BCUT2D eigenvalue weighted by Gasteiger charge is 2.02. The maximum Gasteiger partial charge on any atom is 0.378 e. The van der Waals surface area contributed by atoms with Crippen LogP contribution in [0.1, 0.15) is 13.8 Å². The molecule has 0 aromatic heterocycles. The Morgan fingerprint density at radius 2 is 2.00 bits per heavy atom. The van der Waals surface area contributed by atoms with Crippen LogP contribution >= 0.6 is 0 Å². The van der Waals surface area contributed by atoms with Crippen LogP contribution < -0.4 is 0 Å². The normalized spacial score (nSPS) is 12.7. The molecule has 0 bridgehead atoms. The minimum Gasteiger partial charge on any atom is -0.540 e. The lowest BCUT2D eigenvalue weighted by Crippen LogP contribution is -2.03. The second-order valence-electron chi connectivity index (χ2n) is 2.05. The lowest BCUT2D eigenvalue weighted by atomic mass is 10.2. The molecule has 0 aliphatic carbocycles. The average Bonchev–Trinajstić information content (AvgIpc) is 2.11. The van der Waals surface area contributed by atoms with Gasteiger partial charge in [0, 0.05) is 0 Å². The third kappa shape index (κ3) is 3.81. The molecule has 0 amide bonds. The molecule has 3 heteroatoms. The van der Waals surface area contributed by atoms with Crippen molar-refractivity contribution in [3.05, 3.63) is 36.0 Å². The molecule has 0 rings (SSSR count). The first-order valence-corrected chi connectivity index (χ1v) is 3.63. The van der Waals surface area contributed by atoms with E-state index in [1.807, 2.05) is 19.9 Å². The first-order chi connectivity index (χ1) is 5.76. The number of hydrogen-bond acceptors (Lipinski definition) is 2. The molecule has 0 atom stereocenters. The highest BCUT2D eigenvalue weighted by atomic mass is 16.5. The van der Waals surface area contributed by atoms with E-state index in [1.54, 1.807) is 24.3 Å². The van der Waals surface area contributed by atoms with Gasteiger partial charge in [0.2, 0.25) is 0 Å². The minimum atomic E-state index is -0.536. The van der Waals surface area contributed by atoms with Crippen molar-refractivity contribution in [2.24, 2.45) is 0 Å². The van der Waals surface area contributed by atoms with E-state index in [9.17, 15) is 4.79 Å². The second-order valence-corrected chi connectivity index (χ2v) is 2.05. The Kier molecular flexibility index (Phi) is 5.79. The zero-order valence-corrected chi connectivity index (χ0v) is 7.28. The van der Waals surface area contributed by atoms with Crippen LogP contribution in [-0.4, -0.2) is 14.0 Å². The predicted octanol–water partition coefficient (Wildman–Crippen LogP) is 1.69. The Labute approximate surface area is 74.1 Å². The van der Waals surface area contributed by atoms with E-state index in [0.717, 1.165) is 0 Å². The van der Waals surface area contributed by atoms with E-state index in [2.05, 4.69) is 4.65 Å². The molecular weight excluding hydrogens is 151 g/mol. The van der Waals surface area contributed by atoms with E-state index in [-0.39, 0.29) is 0 Å². The molecule has 0 aromatic carbocycles. The maximum atomic E-state index is 10.9. The summed E-state index contributed by atoms with van der Waals surface area (Å²) >= 11 is 0. The second kappa shape index (κ2) is 6.46. The lowest BCUT2D eigenvalue weighted by Gasteiger charge is -1.97. The standard InChI is InChI=1S/C9H11BO2/c1-3-5-7-8(6-4-2)9(11)12-10/h3-7H,1-2H3/b5-3-,6-4-,8-7+. The van der Waals surface area contributed by atoms with Crippen LogP contribution in [0.25, 0.3) is 0 Å².